The number of aromatic amines is 1. The van der Waals surface area contributed by atoms with Crippen LogP contribution < -0.4 is 4.74 Å². The first-order valence-corrected chi connectivity index (χ1v) is 5.20. The van der Waals surface area contributed by atoms with E-state index >= 15 is 0 Å². The van der Waals surface area contributed by atoms with E-state index in [0.29, 0.717) is 0 Å². The molecule has 0 atom stereocenters. The van der Waals surface area contributed by atoms with Crippen molar-refractivity contribution >= 4 is 21.9 Å². The van der Waals surface area contributed by atoms with Gasteiger partial charge in [-0.2, -0.15) is 0 Å². The first kappa shape index (κ1) is 9.21. The van der Waals surface area contributed by atoms with Crippen LogP contribution in [0.25, 0.3) is 21.9 Å². The van der Waals surface area contributed by atoms with Crippen LogP contribution in [0.5, 0.6) is 5.75 Å². The van der Waals surface area contributed by atoms with E-state index in [0.717, 1.165) is 27.7 Å². The average molecular weight is 212 g/mol. The Bertz CT molecular complexity index is 670. The molecule has 0 spiro atoms. The van der Waals surface area contributed by atoms with E-state index in [4.69, 9.17) is 4.74 Å². The van der Waals surface area contributed by atoms with Crippen LogP contribution in [0.2, 0.25) is 0 Å². The molecule has 0 bridgehead atoms. The lowest BCUT2D eigenvalue weighted by atomic mass is 10.1. The molecule has 0 fully saturated rings. The van der Waals surface area contributed by atoms with Crippen LogP contribution in [0, 0.1) is 6.92 Å². The Morgan fingerprint density at radius 1 is 1.31 bits per heavy atom. The van der Waals surface area contributed by atoms with E-state index < -0.39 is 0 Å². The molecule has 0 saturated heterocycles. The van der Waals surface area contributed by atoms with Gasteiger partial charge < -0.3 is 9.72 Å². The molecule has 0 aliphatic rings. The van der Waals surface area contributed by atoms with E-state index in [-0.39, 0.29) is 0 Å². The van der Waals surface area contributed by atoms with Gasteiger partial charge in [-0.15, -0.1) is 0 Å². The van der Waals surface area contributed by atoms with E-state index in [1.165, 1.54) is 5.56 Å². The van der Waals surface area contributed by atoms with Gasteiger partial charge >= 0.3 is 0 Å². The second-order valence-corrected chi connectivity index (χ2v) is 3.89. The summed E-state index contributed by atoms with van der Waals surface area (Å²) in [6, 6.07) is 8.02. The minimum atomic E-state index is 0.872. The van der Waals surface area contributed by atoms with Crippen molar-refractivity contribution < 1.29 is 4.74 Å². The lowest BCUT2D eigenvalue weighted by Crippen LogP contribution is -1.84. The standard InChI is InChI=1S/C13H12N2O/c1-8-6-9(16-2)7-10-12(8)15-11-4-3-5-14-13(10)11/h3-7,15H,1-2H3. The highest BCUT2D eigenvalue weighted by molar-refractivity contribution is 6.06. The smallest absolute Gasteiger partial charge is 0.119 e. The maximum atomic E-state index is 5.28. The Morgan fingerprint density at radius 3 is 3.00 bits per heavy atom. The van der Waals surface area contributed by atoms with Crippen molar-refractivity contribution in [3.05, 3.63) is 36.0 Å². The van der Waals surface area contributed by atoms with Gasteiger partial charge in [0.05, 0.1) is 23.7 Å². The Morgan fingerprint density at radius 2 is 2.19 bits per heavy atom. The summed E-state index contributed by atoms with van der Waals surface area (Å²) < 4.78 is 5.28. The maximum absolute atomic E-state index is 5.28. The van der Waals surface area contributed by atoms with Crippen LogP contribution in [-0.4, -0.2) is 17.1 Å². The van der Waals surface area contributed by atoms with Gasteiger partial charge in [0.2, 0.25) is 0 Å². The predicted octanol–water partition coefficient (Wildman–Crippen LogP) is 3.03. The van der Waals surface area contributed by atoms with Crippen molar-refractivity contribution in [2.24, 2.45) is 0 Å². The van der Waals surface area contributed by atoms with Gasteiger partial charge in [-0.3, -0.25) is 4.98 Å². The molecule has 0 aliphatic carbocycles. The molecule has 0 aliphatic heterocycles. The number of nitrogens with zero attached hydrogens (tertiary/aromatic N) is 1. The Labute approximate surface area is 93.1 Å². The molecule has 3 aromatic rings. The fourth-order valence-corrected chi connectivity index (χ4v) is 2.08. The van der Waals surface area contributed by atoms with Gasteiger partial charge in [0.1, 0.15) is 5.75 Å². The van der Waals surface area contributed by atoms with Gasteiger partial charge in [0.25, 0.3) is 0 Å². The fraction of sp³-hybridized carbons (Fsp3) is 0.154. The lowest BCUT2D eigenvalue weighted by Gasteiger charge is -2.02. The molecule has 0 amide bonds. The second-order valence-electron chi connectivity index (χ2n) is 3.89. The zero-order valence-corrected chi connectivity index (χ0v) is 9.24. The third kappa shape index (κ3) is 1.18. The van der Waals surface area contributed by atoms with Crippen LogP contribution >= 0.6 is 0 Å². The molecule has 0 radical (unpaired) electrons. The van der Waals surface area contributed by atoms with Crippen molar-refractivity contribution in [1.29, 1.82) is 0 Å². The molecular weight excluding hydrogens is 200 g/mol. The van der Waals surface area contributed by atoms with Gasteiger partial charge in [-0.05, 0) is 36.8 Å². The van der Waals surface area contributed by atoms with Crippen molar-refractivity contribution in [3.63, 3.8) is 0 Å². The number of benzene rings is 1. The number of H-pyrrole nitrogens is 1. The van der Waals surface area contributed by atoms with Gasteiger partial charge in [-0.1, -0.05) is 0 Å². The van der Waals surface area contributed by atoms with Crippen LogP contribution in [0.3, 0.4) is 0 Å². The molecule has 1 aromatic carbocycles. The van der Waals surface area contributed by atoms with Crippen molar-refractivity contribution in [1.82, 2.24) is 9.97 Å². The highest BCUT2D eigenvalue weighted by Gasteiger charge is 2.08. The summed E-state index contributed by atoms with van der Waals surface area (Å²) in [7, 11) is 1.68. The number of hydrogen-bond donors (Lipinski definition) is 1. The molecule has 0 saturated carbocycles. The number of methoxy groups -OCH3 is 1. The number of aryl methyl sites for hydroxylation is 1. The summed E-state index contributed by atoms with van der Waals surface area (Å²) in [4.78, 5) is 7.78. The first-order valence-electron chi connectivity index (χ1n) is 5.20. The van der Waals surface area contributed by atoms with Gasteiger partial charge in [-0.25, -0.2) is 0 Å². The quantitative estimate of drug-likeness (QED) is 0.673. The number of ether oxygens (including phenoxy) is 1. The third-order valence-electron chi connectivity index (χ3n) is 2.87. The van der Waals surface area contributed by atoms with E-state index in [9.17, 15) is 0 Å². The number of pyridine rings is 1. The fourth-order valence-electron chi connectivity index (χ4n) is 2.08. The Balaban J connectivity index is 2.51. The largest absolute Gasteiger partial charge is 0.497 e. The molecule has 16 heavy (non-hydrogen) atoms. The van der Waals surface area contributed by atoms with Crippen molar-refractivity contribution in [2.75, 3.05) is 7.11 Å². The number of aromatic nitrogens is 2. The van der Waals surface area contributed by atoms with Gasteiger partial charge in [0.15, 0.2) is 0 Å². The summed E-state index contributed by atoms with van der Waals surface area (Å²) in [6.45, 7) is 2.07. The topological polar surface area (TPSA) is 37.9 Å². The summed E-state index contributed by atoms with van der Waals surface area (Å²) >= 11 is 0. The number of nitrogens with one attached hydrogen (secondary N) is 1. The highest BCUT2D eigenvalue weighted by Crippen LogP contribution is 2.29. The molecule has 80 valence electrons. The SMILES string of the molecule is COc1cc(C)c2[nH]c3cccnc3c2c1. The van der Waals surface area contributed by atoms with Crippen molar-refractivity contribution in [2.45, 2.75) is 6.92 Å². The van der Waals surface area contributed by atoms with Crippen LogP contribution in [0.4, 0.5) is 0 Å². The Hall–Kier alpha value is -2.03. The summed E-state index contributed by atoms with van der Waals surface area (Å²) in [5.41, 5.74) is 4.37. The lowest BCUT2D eigenvalue weighted by molar-refractivity contribution is 0.415. The number of hydrogen-bond acceptors (Lipinski definition) is 2. The molecule has 2 heterocycles. The molecule has 3 heteroatoms. The van der Waals surface area contributed by atoms with E-state index in [1.807, 2.05) is 30.5 Å². The summed E-state index contributed by atoms with van der Waals surface area (Å²) in [5, 5.41) is 1.12. The minimum absolute atomic E-state index is 0.872. The highest BCUT2D eigenvalue weighted by atomic mass is 16.5. The van der Waals surface area contributed by atoms with Crippen LogP contribution in [0.15, 0.2) is 30.5 Å². The first-order chi connectivity index (χ1) is 7.79. The average Bonchev–Trinajstić information content (AvgIpc) is 2.68. The van der Waals surface area contributed by atoms with Crippen LogP contribution in [-0.2, 0) is 0 Å². The minimum Gasteiger partial charge on any atom is -0.497 e. The monoisotopic (exact) mass is 212 g/mol. The summed E-state index contributed by atoms with van der Waals surface area (Å²) in [6.07, 6.45) is 1.81. The predicted molar refractivity (Wildman–Crippen MR) is 64.9 cm³/mol. The molecule has 1 N–H and O–H groups in total. The van der Waals surface area contributed by atoms with E-state index in [2.05, 4.69) is 16.9 Å². The zero-order chi connectivity index (χ0) is 11.1. The second kappa shape index (κ2) is 3.23. The van der Waals surface area contributed by atoms with Crippen molar-refractivity contribution in [3.8, 4) is 5.75 Å². The maximum Gasteiger partial charge on any atom is 0.119 e. The Kier molecular flexibility index (Phi) is 1.86. The molecule has 3 rings (SSSR count). The summed E-state index contributed by atoms with van der Waals surface area (Å²) in [5.74, 6) is 0.872. The van der Waals surface area contributed by atoms with Gasteiger partial charge in [0, 0.05) is 11.6 Å². The van der Waals surface area contributed by atoms with Crippen LogP contribution in [0.1, 0.15) is 5.56 Å². The normalized spacial score (nSPS) is 11.1. The zero-order valence-electron chi connectivity index (χ0n) is 9.24. The molecular formula is C13H12N2O. The van der Waals surface area contributed by atoms with E-state index in [1.54, 1.807) is 7.11 Å². The molecule has 3 nitrogen and oxygen atoms in total. The number of rotatable bonds is 1. The molecule has 2 aromatic heterocycles. The molecule has 0 unspecified atom stereocenters. The number of fused-ring (bicyclic) bond motifs is 3. The third-order valence-corrected chi connectivity index (χ3v) is 2.87.